The summed E-state index contributed by atoms with van der Waals surface area (Å²) in [6.07, 6.45) is 8.39. The first-order chi connectivity index (χ1) is 22.5. The molecule has 4 rings (SSSR count). The highest BCUT2D eigenvalue weighted by atomic mass is 16.5. The Hall–Kier alpha value is -5.05. The lowest BCUT2D eigenvalue weighted by Gasteiger charge is -2.20. The highest BCUT2D eigenvalue weighted by molar-refractivity contribution is 5.98. The van der Waals surface area contributed by atoms with Crippen molar-refractivity contribution in [2.45, 2.75) is 71.3 Å². The lowest BCUT2D eigenvalue weighted by atomic mass is 9.86. The van der Waals surface area contributed by atoms with Gasteiger partial charge in [-0.25, -0.2) is 9.97 Å². The van der Waals surface area contributed by atoms with Crippen LogP contribution in [-0.4, -0.2) is 52.1 Å². The molecule has 0 bridgehead atoms. The van der Waals surface area contributed by atoms with Gasteiger partial charge >= 0.3 is 5.97 Å². The summed E-state index contributed by atoms with van der Waals surface area (Å²) in [6.45, 7) is 8.62. The molecule has 9 heteroatoms. The van der Waals surface area contributed by atoms with Gasteiger partial charge in [0.05, 0.1) is 6.61 Å². The monoisotopic (exact) mass is 636 g/mol. The van der Waals surface area contributed by atoms with Crippen molar-refractivity contribution in [1.82, 2.24) is 20.6 Å². The van der Waals surface area contributed by atoms with Gasteiger partial charge in [0.15, 0.2) is 5.82 Å². The van der Waals surface area contributed by atoms with Crippen molar-refractivity contribution >= 4 is 17.8 Å². The molecule has 246 valence electrons. The molecule has 1 unspecified atom stereocenters. The fourth-order valence-electron chi connectivity index (χ4n) is 4.97. The number of aromatic nitrogens is 2. The number of carbonyl (C=O) groups is 3. The van der Waals surface area contributed by atoms with E-state index in [4.69, 9.17) is 9.84 Å². The highest BCUT2D eigenvalue weighted by Crippen LogP contribution is 2.24. The fraction of sp³-hybridized carbons (Fsp3) is 0.342. The van der Waals surface area contributed by atoms with E-state index >= 15 is 0 Å². The minimum atomic E-state index is -1.17. The van der Waals surface area contributed by atoms with E-state index < -0.39 is 30.4 Å². The quantitative estimate of drug-likeness (QED) is 0.125. The molecule has 1 aromatic heterocycles. The first-order valence-electron chi connectivity index (χ1n) is 16.1. The summed E-state index contributed by atoms with van der Waals surface area (Å²) in [5.41, 5.74) is 4.87. The number of unbranched alkanes of at least 4 members (excludes halogenated alkanes) is 3. The van der Waals surface area contributed by atoms with E-state index in [0.717, 1.165) is 46.6 Å². The summed E-state index contributed by atoms with van der Waals surface area (Å²) >= 11 is 0. The molecule has 0 saturated carbocycles. The predicted molar refractivity (Wildman–Crippen MR) is 183 cm³/mol. The van der Waals surface area contributed by atoms with Crippen molar-refractivity contribution in [2.24, 2.45) is 0 Å². The van der Waals surface area contributed by atoms with Crippen molar-refractivity contribution in [3.63, 3.8) is 0 Å². The predicted octanol–water partition coefficient (Wildman–Crippen LogP) is 6.61. The number of carbonyl (C=O) groups excluding carboxylic acids is 2. The highest BCUT2D eigenvalue weighted by Gasteiger charge is 2.23. The minimum absolute atomic E-state index is 0.0670. The number of hydrogen-bond acceptors (Lipinski definition) is 6. The number of carboxylic acids is 1. The molecule has 0 spiro atoms. The average Bonchev–Trinajstić information content (AvgIpc) is 3.07. The van der Waals surface area contributed by atoms with Gasteiger partial charge in [-0.1, -0.05) is 95.5 Å². The molecule has 47 heavy (non-hydrogen) atoms. The Kier molecular flexibility index (Phi) is 12.2. The maximum Gasteiger partial charge on any atom is 0.322 e. The Morgan fingerprint density at radius 1 is 0.809 bits per heavy atom. The van der Waals surface area contributed by atoms with Crippen molar-refractivity contribution < 1.29 is 24.2 Å². The van der Waals surface area contributed by atoms with Gasteiger partial charge in [-0.2, -0.15) is 0 Å². The van der Waals surface area contributed by atoms with Crippen LogP contribution in [0.4, 0.5) is 0 Å². The third-order valence-corrected chi connectivity index (χ3v) is 7.81. The van der Waals surface area contributed by atoms with Crippen LogP contribution in [0, 0.1) is 0 Å². The van der Waals surface area contributed by atoms with E-state index in [1.807, 2.05) is 60.7 Å². The SMILES string of the molecule is CCCCCCOc1ccc(-c2cnc(-c3ccc(CC(NC(=O)c4ccc(C(C)(C)C)cc4)C(=O)NCC(=O)O)cc3)nc2)cc1. The molecule has 9 nitrogen and oxygen atoms in total. The maximum absolute atomic E-state index is 13.1. The van der Waals surface area contributed by atoms with Gasteiger partial charge in [0, 0.05) is 35.5 Å². The van der Waals surface area contributed by atoms with Gasteiger partial charge in [-0.05, 0) is 52.8 Å². The summed E-state index contributed by atoms with van der Waals surface area (Å²) in [5.74, 6) is -0.776. The van der Waals surface area contributed by atoms with Crippen LogP contribution in [0.5, 0.6) is 5.75 Å². The summed E-state index contributed by atoms with van der Waals surface area (Å²) in [5, 5.41) is 14.2. The zero-order valence-electron chi connectivity index (χ0n) is 27.6. The summed E-state index contributed by atoms with van der Waals surface area (Å²) in [4.78, 5) is 46.2. The van der Waals surface area contributed by atoms with Crippen LogP contribution < -0.4 is 15.4 Å². The lowest BCUT2D eigenvalue weighted by Crippen LogP contribution is -2.49. The molecule has 0 aliphatic heterocycles. The number of benzene rings is 3. The largest absolute Gasteiger partial charge is 0.494 e. The maximum atomic E-state index is 13.1. The van der Waals surface area contributed by atoms with Gasteiger partial charge in [-0.15, -0.1) is 0 Å². The molecule has 0 aliphatic rings. The molecule has 0 fully saturated rings. The molecule has 1 heterocycles. The van der Waals surface area contributed by atoms with Crippen LogP contribution in [0.3, 0.4) is 0 Å². The van der Waals surface area contributed by atoms with Crippen LogP contribution in [0.15, 0.2) is 85.2 Å². The standard InChI is InChI=1S/C38H44N4O5/c1-5-6-7-8-21-47-32-19-15-27(16-20-32)30-23-39-35(40-24-30)28-11-9-26(10-12-28)22-33(37(46)41-25-34(43)44)42-36(45)29-13-17-31(18-14-29)38(2,3)4/h9-20,23-24,33H,5-8,21-22,25H2,1-4H3,(H,41,46)(H,42,45)(H,43,44). The van der Waals surface area contributed by atoms with E-state index in [-0.39, 0.29) is 11.8 Å². The lowest BCUT2D eigenvalue weighted by molar-refractivity contribution is -0.138. The Morgan fingerprint density at radius 3 is 2.04 bits per heavy atom. The fourth-order valence-corrected chi connectivity index (χ4v) is 4.97. The third kappa shape index (κ3) is 10.5. The molecule has 4 aromatic rings. The van der Waals surface area contributed by atoms with E-state index in [1.54, 1.807) is 24.5 Å². The molecule has 0 aliphatic carbocycles. The Labute approximate surface area is 276 Å². The van der Waals surface area contributed by atoms with Gasteiger partial charge in [0.2, 0.25) is 5.91 Å². The summed E-state index contributed by atoms with van der Waals surface area (Å²) in [6, 6.07) is 21.6. The topological polar surface area (TPSA) is 131 Å². The average molecular weight is 637 g/mol. The number of hydrogen-bond donors (Lipinski definition) is 3. The molecule has 3 aromatic carbocycles. The molecular formula is C38H44N4O5. The second-order valence-corrected chi connectivity index (χ2v) is 12.6. The van der Waals surface area contributed by atoms with Crippen molar-refractivity contribution in [1.29, 1.82) is 0 Å². The van der Waals surface area contributed by atoms with E-state index in [0.29, 0.717) is 11.4 Å². The molecule has 2 amide bonds. The van der Waals surface area contributed by atoms with Crippen molar-refractivity contribution in [2.75, 3.05) is 13.2 Å². The Bertz CT molecular complexity index is 1610. The Balaban J connectivity index is 1.40. The number of aliphatic carboxylic acids is 1. The normalized spacial score (nSPS) is 11.8. The second kappa shape index (κ2) is 16.5. The van der Waals surface area contributed by atoms with Crippen LogP contribution in [-0.2, 0) is 21.4 Å². The van der Waals surface area contributed by atoms with E-state index in [9.17, 15) is 14.4 Å². The van der Waals surface area contributed by atoms with Crippen molar-refractivity contribution in [3.05, 3.63) is 102 Å². The minimum Gasteiger partial charge on any atom is -0.494 e. The van der Waals surface area contributed by atoms with Gasteiger partial charge in [-0.3, -0.25) is 14.4 Å². The number of ether oxygens (including phenoxy) is 1. The molecule has 1 atom stereocenters. The second-order valence-electron chi connectivity index (χ2n) is 12.6. The van der Waals surface area contributed by atoms with Crippen LogP contribution in [0.2, 0.25) is 0 Å². The Morgan fingerprint density at radius 2 is 1.45 bits per heavy atom. The first kappa shape index (κ1) is 34.8. The summed E-state index contributed by atoms with van der Waals surface area (Å²) < 4.78 is 5.84. The third-order valence-electron chi connectivity index (χ3n) is 7.81. The molecule has 0 radical (unpaired) electrons. The number of rotatable bonds is 15. The van der Waals surface area contributed by atoms with E-state index in [2.05, 4.69) is 48.3 Å². The number of carboxylic acid groups (broad SMARTS) is 1. The molecule has 0 saturated heterocycles. The van der Waals surface area contributed by atoms with Gasteiger partial charge < -0.3 is 20.5 Å². The number of nitrogens with one attached hydrogen (secondary N) is 2. The van der Waals surface area contributed by atoms with E-state index in [1.165, 1.54) is 19.3 Å². The van der Waals surface area contributed by atoms with Crippen LogP contribution in [0.25, 0.3) is 22.5 Å². The number of nitrogens with zero attached hydrogens (tertiary/aromatic N) is 2. The zero-order valence-corrected chi connectivity index (χ0v) is 27.6. The van der Waals surface area contributed by atoms with Gasteiger partial charge in [0.25, 0.3) is 5.91 Å². The number of amides is 2. The van der Waals surface area contributed by atoms with Crippen LogP contribution in [0.1, 0.15) is 74.9 Å². The van der Waals surface area contributed by atoms with Crippen LogP contribution >= 0.6 is 0 Å². The van der Waals surface area contributed by atoms with Crippen molar-refractivity contribution in [3.8, 4) is 28.3 Å². The van der Waals surface area contributed by atoms with Gasteiger partial charge in [0.1, 0.15) is 18.3 Å². The summed E-state index contributed by atoms with van der Waals surface area (Å²) in [7, 11) is 0. The zero-order chi connectivity index (χ0) is 33.8. The molecular weight excluding hydrogens is 592 g/mol. The smallest absolute Gasteiger partial charge is 0.322 e. The first-order valence-corrected chi connectivity index (χ1v) is 16.1. The molecule has 3 N–H and O–H groups in total.